The predicted molar refractivity (Wildman–Crippen MR) is 88.7 cm³/mol. The van der Waals surface area contributed by atoms with Crippen LogP contribution in [0.2, 0.25) is 0 Å². The standard InChI is InChI=1S/C13H13NO4S2.CH3NO/c1-9(15)14-12-4-2-10(3-5-12)13(20(16,17)18)11-6-7-19-8-11;2-1-3/h2-8,13H,1H3,(H,14,15)(H,16,17,18);1H,(H2,2,3). The summed E-state index contributed by atoms with van der Waals surface area (Å²) in [4.78, 5) is 19.5. The summed E-state index contributed by atoms with van der Waals surface area (Å²) in [6, 6.07) is 8.00. The molecule has 1 aromatic heterocycles. The van der Waals surface area contributed by atoms with Crippen molar-refractivity contribution >= 4 is 39.5 Å². The first-order chi connectivity index (χ1) is 10.8. The highest BCUT2D eigenvalue weighted by atomic mass is 32.2. The summed E-state index contributed by atoms with van der Waals surface area (Å²) in [5.74, 6) is -0.207. The largest absolute Gasteiger partial charge is 0.372 e. The van der Waals surface area contributed by atoms with Crippen molar-refractivity contribution in [1.29, 1.82) is 0 Å². The van der Waals surface area contributed by atoms with Crippen LogP contribution in [0.4, 0.5) is 5.69 Å². The van der Waals surface area contributed by atoms with Gasteiger partial charge in [-0.1, -0.05) is 12.1 Å². The third-order valence-corrected chi connectivity index (χ3v) is 4.52. The van der Waals surface area contributed by atoms with E-state index in [-0.39, 0.29) is 12.3 Å². The first kappa shape index (κ1) is 18.8. The summed E-state index contributed by atoms with van der Waals surface area (Å²) >= 11 is 1.36. The molecule has 0 aliphatic heterocycles. The molecule has 0 saturated carbocycles. The number of carbonyl (C=O) groups is 2. The molecule has 0 fully saturated rings. The number of nitrogens with two attached hydrogens (primary N) is 1. The topological polar surface area (TPSA) is 127 Å². The zero-order valence-corrected chi connectivity index (χ0v) is 13.8. The molecule has 0 saturated heterocycles. The van der Waals surface area contributed by atoms with Crippen molar-refractivity contribution in [3.8, 4) is 0 Å². The van der Waals surface area contributed by atoms with E-state index in [0.29, 0.717) is 16.8 Å². The van der Waals surface area contributed by atoms with E-state index in [9.17, 15) is 17.8 Å². The fourth-order valence-corrected chi connectivity index (χ4v) is 3.67. The Bertz CT molecular complexity index is 740. The molecule has 1 aromatic carbocycles. The minimum absolute atomic E-state index is 0.207. The highest BCUT2D eigenvalue weighted by molar-refractivity contribution is 7.86. The Morgan fingerprint density at radius 3 is 2.22 bits per heavy atom. The molecule has 4 N–H and O–H groups in total. The second-order valence-corrected chi connectivity index (χ2v) is 6.67. The molecule has 2 aromatic rings. The molecular formula is C14H16N2O5S2. The van der Waals surface area contributed by atoms with Crippen LogP contribution in [-0.2, 0) is 19.7 Å². The molecule has 2 rings (SSSR count). The molecule has 0 aliphatic carbocycles. The van der Waals surface area contributed by atoms with Gasteiger partial charge in [-0.25, -0.2) is 0 Å². The maximum absolute atomic E-state index is 11.6. The zero-order chi connectivity index (χ0) is 17.5. The smallest absolute Gasteiger partial charge is 0.276 e. The van der Waals surface area contributed by atoms with Crippen molar-refractivity contribution in [1.82, 2.24) is 0 Å². The lowest BCUT2D eigenvalue weighted by atomic mass is 10.1. The minimum atomic E-state index is -4.26. The highest BCUT2D eigenvalue weighted by Crippen LogP contribution is 2.31. The van der Waals surface area contributed by atoms with Crippen LogP contribution in [0.25, 0.3) is 0 Å². The number of primary amides is 1. The summed E-state index contributed by atoms with van der Waals surface area (Å²) in [6.07, 6.45) is 0.250. The van der Waals surface area contributed by atoms with Gasteiger partial charge in [-0.3, -0.25) is 14.1 Å². The number of hydrogen-bond acceptors (Lipinski definition) is 5. The van der Waals surface area contributed by atoms with Gasteiger partial charge in [0.25, 0.3) is 10.1 Å². The Labute approximate surface area is 137 Å². The number of thiophene rings is 1. The van der Waals surface area contributed by atoms with Crippen LogP contribution < -0.4 is 11.1 Å². The van der Waals surface area contributed by atoms with Crippen LogP contribution in [0.5, 0.6) is 0 Å². The van der Waals surface area contributed by atoms with E-state index in [1.165, 1.54) is 18.3 Å². The number of rotatable bonds is 4. The molecule has 1 heterocycles. The zero-order valence-electron chi connectivity index (χ0n) is 12.2. The lowest BCUT2D eigenvalue weighted by molar-refractivity contribution is -0.114. The van der Waals surface area contributed by atoms with Crippen molar-refractivity contribution in [3.05, 3.63) is 52.2 Å². The lowest BCUT2D eigenvalue weighted by Gasteiger charge is -2.13. The van der Waals surface area contributed by atoms with Gasteiger partial charge in [0.05, 0.1) is 0 Å². The molecule has 1 unspecified atom stereocenters. The molecule has 0 bridgehead atoms. The van der Waals surface area contributed by atoms with Crippen molar-refractivity contribution in [2.45, 2.75) is 12.2 Å². The van der Waals surface area contributed by atoms with E-state index in [0.717, 1.165) is 0 Å². The van der Waals surface area contributed by atoms with Gasteiger partial charge < -0.3 is 11.1 Å². The van der Waals surface area contributed by atoms with Gasteiger partial charge >= 0.3 is 0 Å². The van der Waals surface area contributed by atoms with Crippen LogP contribution >= 0.6 is 11.3 Å². The van der Waals surface area contributed by atoms with E-state index in [2.05, 4.69) is 11.1 Å². The van der Waals surface area contributed by atoms with Crippen LogP contribution in [0.15, 0.2) is 41.1 Å². The van der Waals surface area contributed by atoms with E-state index < -0.39 is 15.4 Å². The fraction of sp³-hybridized carbons (Fsp3) is 0.143. The molecule has 23 heavy (non-hydrogen) atoms. The molecule has 0 spiro atoms. The second kappa shape index (κ2) is 8.42. The molecule has 7 nitrogen and oxygen atoms in total. The SMILES string of the molecule is CC(=O)Nc1ccc(C(c2ccsc2)S(=O)(=O)O)cc1.NC=O. The number of anilines is 1. The first-order valence-corrected chi connectivity index (χ1v) is 8.75. The fourth-order valence-electron chi connectivity index (χ4n) is 1.91. The summed E-state index contributed by atoms with van der Waals surface area (Å²) in [6.45, 7) is 1.39. The quantitative estimate of drug-likeness (QED) is 0.568. The highest BCUT2D eigenvalue weighted by Gasteiger charge is 2.27. The third-order valence-electron chi connectivity index (χ3n) is 2.68. The predicted octanol–water partition coefficient (Wildman–Crippen LogP) is 1.79. The summed E-state index contributed by atoms with van der Waals surface area (Å²) in [5.41, 5.74) is 5.70. The van der Waals surface area contributed by atoms with Gasteiger partial charge in [-0.15, -0.1) is 0 Å². The van der Waals surface area contributed by atoms with Gasteiger partial charge in [0.15, 0.2) is 0 Å². The molecule has 1 atom stereocenters. The number of amides is 2. The molecular weight excluding hydrogens is 340 g/mol. The summed E-state index contributed by atoms with van der Waals surface area (Å²) < 4.78 is 32.6. The lowest BCUT2D eigenvalue weighted by Crippen LogP contribution is -2.13. The molecule has 2 amide bonds. The van der Waals surface area contributed by atoms with Gasteiger partial charge in [0.1, 0.15) is 5.25 Å². The van der Waals surface area contributed by atoms with Gasteiger partial charge in [-0.2, -0.15) is 19.8 Å². The normalized spacial score (nSPS) is 11.7. The van der Waals surface area contributed by atoms with Crippen LogP contribution in [0.1, 0.15) is 23.3 Å². The number of benzene rings is 1. The number of nitrogens with one attached hydrogen (secondary N) is 1. The maximum atomic E-state index is 11.6. The van der Waals surface area contributed by atoms with Gasteiger partial charge in [0.2, 0.25) is 12.3 Å². The van der Waals surface area contributed by atoms with Crippen molar-refractivity contribution in [2.24, 2.45) is 5.73 Å². The Balaban J connectivity index is 0.000000816. The summed E-state index contributed by atoms with van der Waals surface area (Å²) in [5, 5.41) is 4.91. The Morgan fingerprint density at radius 1 is 1.26 bits per heavy atom. The maximum Gasteiger partial charge on any atom is 0.276 e. The van der Waals surface area contributed by atoms with Crippen molar-refractivity contribution in [2.75, 3.05) is 5.32 Å². The molecule has 0 radical (unpaired) electrons. The first-order valence-electron chi connectivity index (χ1n) is 6.31. The average Bonchev–Trinajstić information content (AvgIpc) is 2.93. The second-order valence-electron chi connectivity index (χ2n) is 4.39. The average molecular weight is 356 g/mol. The Morgan fingerprint density at radius 2 is 1.83 bits per heavy atom. The van der Waals surface area contributed by atoms with E-state index in [4.69, 9.17) is 4.79 Å². The Kier molecular flexibility index (Phi) is 6.89. The molecule has 0 aliphatic rings. The number of carbonyl (C=O) groups excluding carboxylic acids is 2. The summed E-state index contributed by atoms with van der Waals surface area (Å²) in [7, 11) is -4.26. The van der Waals surface area contributed by atoms with E-state index >= 15 is 0 Å². The van der Waals surface area contributed by atoms with Gasteiger partial charge in [-0.05, 0) is 40.1 Å². The van der Waals surface area contributed by atoms with Crippen molar-refractivity contribution < 1.29 is 22.6 Å². The molecule has 124 valence electrons. The monoisotopic (exact) mass is 356 g/mol. The third kappa shape index (κ3) is 5.81. The van der Waals surface area contributed by atoms with Crippen LogP contribution in [-0.4, -0.2) is 25.3 Å². The van der Waals surface area contributed by atoms with Crippen LogP contribution in [0.3, 0.4) is 0 Å². The minimum Gasteiger partial charge on any atom is -0.372 e. The van der Waals surface area contributed by atoms with Gasteiger partial charge in [0, 0.05) is 12.6 Å². The van der Waals surface area contributed by atoms with E-state index in [1.54, 1.807) is 41.1 Å². The van der Waals surface area contributed by atoms with E-state index in [1.807, 2.05) is 0 Å². The van der Waals surface area contributed by atoms with Crippen LogP contribution in [0, 0.1) is 0 Å². The number of hydrogen-bond donors (Lipinski definition) is 3. The Hall–Kier alpha value is -2.23. The molecule has 9 heteroatoms. The van der Waals surface area contributed by atoms with Crippen molar-refractivity contribution in [3.63, 3.8) is 0 Å².